The predicted octanol–water partition coefficient (Wildman–Crippen LogP) is 1.93. The summed E-state index contributed by atoms with van der Waals surface area (Å²) in [6, 6.07) is 12.4. The lowest BCUT2D eigenvalue weighted by Gasteiger charge is -2.13. The van der Waals surface area contributed by atoms with Crippen molar-refractivity contribution in [2.45, 2.75) is 0 Å². The van der Waals surface area contributed by atoms with Crippen LogP contribution in [-0.2, 0) is 0 Å². The largest absolute Gasteiger partial charge is 0.354 e. The molecule has 2 aromatic carbocycles. The zero-order chi connectivity index (χ0) is 14.9. The Morgan fingerprint density at radius 1 is 1.14 bits per heavy atom. The standard InChI is InChI=1S/C15H13FN6/c16-10-4-3-7-13(14(10)19-15-17-8-9-18-15)22-12-6-2-1-5-11(12)20-21-22/h1-7H,8-9H2,(H2,17,18,19). The first-order chi connectivity index (χ1) is 10.8. The predicted molar refractivity (Wildman–Crippen MR) is 82.8 cm³/mol. The molecule has 0 amide bonds. The van der Waals surface area contributed by atoms with E-state index in [1.807, 2.05) is 24.3 Å². The summed E-state index contributed by atoms with van der Waals surface area (Å²) >= 11 is 0. The summed E-state index contributed by atoms with van der Waals surface area (Å²) < 4.78 is 15.9. The van der Waals surface area contributed by atoms with Gasteiger partial charge in [0.2, 0.25) is 0 Å². The van der Waals surface area contributed by atoms with Gasteiger partial charge in [-0.3, -0.25) is 4.99 Å². The fraction of sp³-hybridized carbons (Fsp3) is 0.133. The van der Waals surface area contributed by atoms with Gasteiger partial charge in [0.05, 0.1) is 17.7 Å². The number of fused-ring (bicyclic) bond motifs is 1. The Balaban J connectivity index is 1.86. The number of anilines is 1. The van der Waals surface area contributed by atoms with Crippen LogP contribution in [0.1, 0.15) is 0 Å². The van der Waals surface area contributed by atoms with Crippen molar-refractivity contribution in [1.29, 1.82) is 0 Å². The Labute approximate surface area is 125 Å². The molecule has 3 aromatic rings. The van der Waals surface area contributed by atoms with Crippen LogP contribution in [0.3, 0.4) is 0 Å². The zero-order valence-corrected chi connectivity index (χ0v) is 11.6. The molecule has 0 aliphatic carbocycles. The molecule has 0 saturated carbocycles. The van der Waals surface area contributed by atoms with E-state index in [9.17, 15) is 4.39 Å². The minimum absolute atomic E-state index is 0.325. The van der Waals surface area contributed by atoms with Crippen LogP contribution in [0.15, 0.2) is 47.5 Å². The quantitative estimate of drug-likeness (QED) is 0.758. The Hall–Kier alpha value is -2.96. The highest BCUT2D eigenvalue weighted by molar-refractivity contribution is 5.96. The topological polar surface area (TPSA) is 67.1 Å². The first-order valence-electron chi connectivity index (χ1n) is 6.97. The van der Waals surface area contributed by atoms with E-state index in [2.05, 4.69) is 25.9 Å². The first kappa shape index (κ1) is 12.8. The number of hydrogen-bond donors (Lipinski definition) is 2. The highest BCUT2D eigenvalue weighted by Crippen LogP contribution is 2.26. The third-order valence-electron chi connectivity index (χ3n) is 3.49. The van der Waals surface area contributed by atoms with Gasteiger partial charge in [-0.1, -0.05) is 23.4 Å². The van der Waals surface area contributed by atoms with Gasteiger partial charge in [-0.25, -0.2) is 9.07 Å². The number of nitrogens with zero attached hydrogens (tertiary/aromatic N) is 4. The van der Waals surface area contributed by atoms with E-state index < -0.39 is 0 Å². The van der Waals surface area contributed by atoms with Crippen LogP contribution in [0, 0.1) is 5.82 Å². The van der Waals surface area contributed by atoms with Gasteiger partial charge in [0.15, 0.2) is 5.96 Å². The number of nitrogens with one attached hydrogen (secondary N) is 2. The molecule has 2 heterocycles. The highest BCUT2D eigenvalue weighted by atomic mass is 19.1. The summed E-state index contributed by atoms with van der Waals surface area (Å²) in [5.41, 5.74) is 2.49. The Bertz CT molecular complexity index is 869. The van der Waals surface area contributed by atoms with Crippen molar-refractivity contribution in [1.82, 2.24) is 20.3 Å². The molecule has 4 rings (SSSR count). The van der Waals surface area contributed by atoms with Crippen molar-refractivity contribution in [3.05, 3.63) is 48.3 Å². The summed E-state index contributed by atoms with van der Waals surface area (Å²) in [6.07, 6.45) is 0. The van der Waals surface area contributed by atoms with Crippen molar-refractivity contribution >= 4 is 22.7 Å². The lowest BCUT2D eigenvalue weighted by atomic mass is 10.2. The Kier molecular flexibility index (Phi) is 2.96. The number of aromatic nitrogens is 3. The molecule has 7 heteroatoms. The average molecular weight is 296 g/mol. The van der Waals surface area contributed by atoms with E-state index in [4.69, 9.17) is 0 Å². The molecule has 0 unspecified atom stereocenters. The van der Waals surface area contributed by atoms with E-state index in [0.717, 1.165) is 17.6 Å². The summed E-state index contributed by atoms with van der Waals surface area (Å²) in [5, 5.41) is 14.3. The van der Waals surface area contributed by atoms with Crippen molar-refractivity contribution in [2.75, 3.05) is 18.4 Å². The number of benzene rings is 2. The number of rotatable bonds is 2. The third-order valence-corrected chi connectivity index (χ3v) is 3.49. The maximum atomic E-state index is 14.3. The molecule has 1 aromatic heterocycles. The van der Waals surface area contributed by atoms with Crippen LogP contribution in [0.5, 0.6) is 0 Å². The second-order valence-corrected chi connectivity index (χ2v) is 4.91. The van der Waals surface area contributed by atoms with Crippen molar-refractivity contribution < 1.29 is 4.39 Å². The van der Waals surface area contributed by atoms with Crippen molar-refractivity contribution in [3.8, 4) is 5.69 Å². The summed E-state index contributed by atoms with van der Waals surface area (Å²) in [6.45, 7) is 1.43. The summed E-state index contributed by atoms with van der Waals surface area (Å²) in [7, 11) is 0. The van der Waals surface area contributed by atoms with Crippen LogP contribution in [0.25, 0.3) is 16.7 Å². The highest BCUT2D eigenvalue weighted by Gasteiger charge is 2.16. The van der Waals surface area contributed by atoms with Gasteiger partial charge in [0.1, 0.15) is 17.0 Å². The van der Waals surface area contributed by atoms with Crippen LogP contribution in [-0.4, -0.2) is 34.0 Å². The molecule has 0 atom stereocenters. The Morgan fingerprint density at radius 3 is 2.91 bits per heavy atom. The van der Waals surface area contributed by atoms with Gasteiger partial charge in [0, 0.05) is 6.54 Å². The van der Waals surface area contributed by atoms with Gasteiger partial charge in [-0.05, 0) is 24.3 Å². The molecule has 110 valence electrons. The average Bonchev–Trinajstić information content (AvgIpc) is 3.19. The monoisotopic (exact) mass is 296 g/mol. The third kappa shape index (κ3) is 2.07. The number of guanidine groups is 1. The van der Waals surface area contributed by atoms with Crippen LogP contribution in [0.4, 0.5) is 10.1 Å². The maximum Gasteiger partial charge on any atom is 0.196 e. The van der Waals surface area contributed by atoms with Gasteiger partial charge >= 0.3 is 0 Å². The van der Waals surface area contributed by atoms with Crippen LogP contribution < -0.4 is 10.6 Å². The van der Waals surface area contributed by atoms with E-state index in [1.54, 1.807) is 16.8 Å². The fourth-order valence-corrected chi connectivity index (χ4v) is 2.46. The molecule has 0 fully saturated rings. The van der Waals surface area contributed by atoms with E-state index in [0.29, 0.717) is 23.9 Å². The molecular weight excluding hydrogens is 283 g/mol. The van der Waals surface area contributed by atoms with Gasteiger partial charge in [0.25, 0.3) is 0 Å². The lowest BCUT2D eigenvalue weighted by Crippen LogP contribution is -2.27. The number of para-hydroxylation sites is 2. The van der Waals surface area contributed by atoms with E-state index in [1.165, 1.54) is 6.07 Å². The molecule has 0 spiro atoms. The zero-order valence-electron chi connectivity index (χ0n) is 11.6. The SMILES string of the molecule is Fc1cccc(-n2nnc3ccccc32)c1NC1=NCCN1. The summed E-state index contributed by atoms with van der Waals surface area (Å²) in [5.74, 6) is 0.198. The summed E-state index contributed by atoms with van der Waals surface area (Å²) in [4.78, 5) is 4.24. The van der Waals surface area contributed by atoms with Crippen molar-refractivity contribution in [3.63, 3.8) is 0 Å². The smallest absolute Gasteiger partial charge is 0.196 e. The maximum absolute atomic E-state index is 14.3. The molecule has 1 aliphatic rings. The lowest BCUT2D eigenvalue weighted by molar-refractivity contribution is 0.630. The molecule has 2 N–H and O–H groups in total. The molecule has 0 saturated heterocycles. The molecular formula is C15H13FN6. The van der Waals surface area contributed by atoms with Crippen molar-refractivity contribution in [2.24, 2.45) is 4.99 Å². The normalized spacial score (nSPS) is 14.0. The van der Waals surface area contributed by atoms with E-state index >= 15 is 0 Å². The molecule has 22 heavy (non-hydrogen) atoms. The number of aliphatic imine (C=N–C) groups is 1. The first-order valence-corrected chi connectivity index (χ1v) is 6.97. The number of hydrogen-bond acceptors (Lipinski definition) is 5. The molecule has 0 bridgehead atoms. The van der Waals surface area contributed by atoms with Gasteiger partial charge < -0.3 is 10.6 Å². The molecule has 0 radical (unpaired) electrons. The molecule has 1 aliphatic heterocycles. The molecule has 6 nitrogen and oxygen atoms in total. The van der Waals surface area contributed by atoms with Crippen LogP contribution in [0.2, 0.25) is 0 Å². The second kappa shape index (κ2) is 5.10. The number of halogens is 1. The van der Waals surface area contributed by atoms with Crippen LogP contribution >= 0.6 is 0 Å². The fourth-order valence-electron chi connectivity index (χ4n) is 2.46. The van der Waals surface area contributed by atoms with E-state index in [-0.39, 0.29) is 5.82 Å². The Morgan fingerprint density at radius 2 is 2.05 bits per heavy atom. The minimum atomic E-state index is -0.367. The second-order valence-electron chi connectivity index (χ2n) is 4.91. The van der Waals surface area contributed by atoms with Gasteiger partial charge in [-0.2, -0.15) is 0 Å². The van der Waals surface area contributed by atoms with Gasteiger partial charge in [-0.15, -0.1) is 5.10 Å². The minimum Gasteiger partial charge on any atom is -0.354 e.